The normalized spacial score (nSPS) is 13.2. The highest BCUT2D eigenvalue weighted by atomic mass is 19.1. The Bertz CT molecular complexity index is 818. The average molecular weight is 417 g/mol. The lowest BCUT2D eigenvalue weighted by Gasteiger charge is -2.26. The van der Waals surface area contributed by atoms with Crippen molar-refractivity contribution < 1.29 is 28.2 Å². The molecule has 0 aliphatic heterocycles. The molecule has 2 rings (SSSR count). The van der Waals surface area contributed by atoms with Gasteiger partial charge in [-0.15, -0.1) is 0 Å². The molecule has 0 heterocycles. The molecule has 0 saturated heterocycles. The number of hydrogen-bond acceptors (Lipinski definition) is 5. The minimum atomic E-state index is -1.08. The summed E-state index contributed by atoms with van der Waals surface area (Å²) in [5.74, 6) is -1.05. The number of benzene rings is 2. The van der Waals surface area contributed by atoms with Gasteiger partial charge in [0.2, 0.25) is 0 Å². The maximum Gasteiger partial charge on any atom is 0.408 e. The van der Waals surface area contributed by atoms with Crippen molar-refractivity contribution >= 4 is 12.1 Å². The van der Waals surface area contributed by atoms with E-state index in [0.717, 1.165) is 5.56 Å². The quantitative estimate of drug-likeness (QED) is 0.646. The van der Waals surface area contributed by atoms with Crippen LogP contribution >= 0.6 is 0 Å². The van der Waals surface area contributed by atoms with Crippen molar-refractivity contribution in [3.05, 3.63) is 71.5 Å². The van der Waals surface area contributed by atoms with Crippen molar-refractivity contribution in [2.45, 2.75) is 58.7 Å². The molecule has 6 nitrogen and oxygen atoms in total. The Labute approximate surface area is 176 Å². The summed E-state index contributed by atoms with van der Waals surface area (Å²) in [7, 11) is 0. The van der Waals surface area contributed by atoms with Crippen LogP contribution in [0.1, 0.15) is 38.8 Å². The summed E-state index contributed by atoms with van der Waals surface area (Å²) in [5, 5.41) is 2.53. The summed E-state index contributed by atoms with van der Waals surface area (Å²) in [5.41, 5.74) is 0.833. The van der Waals surface area contributed by atoms with Crippen LogP contribution in [0, 0.1) is 5.82 Å². The minimum Gasteiger partial charge on any atom is -0.459 e. The second kappa shape index (κ2) is 10.7. The first kappa shape index (κ1) is 23.3. The van der Waals surface area contributed by atoms with E-state index in [0.29, 0.717) is 5.56 Å². The summed E-state index contributed by atoms with van der Waals surface area (Å²) in [6, 6.07) is 14.0. The molecule has 0 aliphatic carbocycles. The third kappa shape index (κ3) is 8.21. The maximum atomic E-state index is 13.0. The molecule has 2 aromatic rings. The third-order valence-corrected chi connectivity index (χ3v) is 4.05. The molecule has 0 saturated carbocycles. The molecule has 2 atom stereocenters. The van der Waals surface area contributed by atoms with Crippen molar-refractivity contribution in [3.8, 4) is 0 Å². The molecule has 30 heavy (non-hydrogen) atoms. The van der Waals surface area contributed by atoms with Gasteiger partial charge in [0, 0.05) is 0 Å². The number of ether oxygens (including phenoxy) is 3. The smallest absolute Gasteiger partial charge is 0.408 e. The number of hydrogen-bond donors (Lipinski definition) is 1. The number of carbonyl (C=O) groups is 2. The molecule has 0 spiro atoms. The van der Waals surface area contributed by atoms with Crippen LogP contribution in [0.4, 0.5) is 9.18 Å². The Kier molecular flexibility index (Phi) is 8.35. The number of nitrogens with one attached hydrogen (secondary N) is 1. The fourth-order valence-electron chi connectivity index (χ4n) is 2.53. The van der Waals surface area contributed by atoms with Crippen LogP contribution in [-0.2, 0) is 32.2 Å². The van der Waals surface area contributed by atoms with E-state index in [-0.39, 0.29) is 19.0 Å². The van der Waals surface area contributed by atoms with E-state index in [1.165, 1.54) is 24.3 Å². The SMILES string of the molecule is C[C@@H](OCc1ccccc1)[C@H](NC(=O)OC(C)(C)C)C(=O)OCc1ccc(F)cc1. The summed E-state index contributed by atoms with van der Waals surface area (Å²) >= 11 is 0. The fourth-order valence-corrected chi connectivity index (χ4v) is 2.53. The zero-order valence-corrected chi connectivity index (χ0v) is 17.7. The molecule has 0 fully saturated rings. The fraction of sp³-hybridized carbons (Fsp3) is 0.391. The monoisotopic (exact) mass is 417 g/mol. The number of halogens is 1. The number of alkyl carbamates (subject to hydrolysis) is 1. The lowest BCUT2D eigenvalue weighted by atomic mass is 10.1. The van der Waals surface area contributed by atoms with Gasteiger partial charge in [-0.05, 0) is 51.0 Å². The number of rotatable bonds is 8. The molecule has 0 aliphatic rings. The highest BCUT2D eigenvalue weighted by molar-refractivity contribution is 5.82. The first-order valence-corrected chi connectivity index (χ1v) is 9.70. The highest BCUT2D eigenvalue weighted by Crippen LogP contribution is 2.12. The molecule has 1 N–H and O–H groups in total. The third-order valence-electron chi connectivity index (χ3n) is 4.05. The van der Waals surface area contributed by atoms with E-state index in [1.807, 2.05) is 30.3 Å². The average Bonchev–Trinajstić information content (AvgIpc) is 2.69. The second-order valence-electron chi connectivity index (χ2n) is 7.86. The predicted molar refractivity (Wildman–Crippen MR) is 110 cm³/mol. The summed E-state index contributed by atoms with van der Waals surface area (Å²) < 4.78 is 29.4. The van der Waals surface area contributed by atoms with E-state index < -0.39 is 29.8 Å². The van der Waals surface area contributed by atoms with E-state index in [1.54, 1.807) is 27.7 Å². The van der Waals surface area contributed by atoms with Crippen molar-refractivity contribution in [2.24, 2.45) is 0 Å². The van der Waals surface area contributed by atoms with Gasteiger partial charge in [0.25, 0.3) is 0 Å². The van der Waals surface area contributed by atoms with Crippen LogP contribution in [-0.4, -0.2) is 29.8 Å². The Morgan fingerprint density at radius 3 is 2.17 bits per heavy atom. The summed E-state index contributed by atoms with van der Waals surface area (Å²) in [6.45, 7) is 7.05. The second-order valence-corrected chi connectivity index (χ2v) is 7.86. The van der Waals surface area contributed by atoms with Gasteiger partial charge < -0.3 is 19.5 Å². The van der Waals surface area contributed by atoms with E-state index in [9.17, 15) is 14.0 Å². The molecule has 0 bridgehead atoms. The molecule has 0 unspecified atom stereocenters. The number of amides is 1. The molecular formula is C23H28FNO5. The maximum absolute atomic E-state index is 13.0. The van der Waals surface area contributed by atoms with E-state index >= 15 is 0 Å². The van der Waals surface area contributed by atoms with Gasteiger partial charge >= 0.3 is 12.1 Å². The predicted octanol–water partition coefficient (Wildman–Crippen LogP) is 4.37. The number of esters is 1. The Balaban J connectivity index is 2.03. The van der Waals surface area contributed by atoms with Crippen LogP contribution in [0.5, 0.6) is 0 Å². The van der Waals surface area contributed by atoms with Gasteiger partial charge in [0.05, 0.1) is 12.7 Å². The van der Waals surface area contributed by atoms with Crippen molar-refractivity contribution in [3.63, 3.8) is 0 Å². The lowest BCUT2D eigenvalue weighted by molar-refractivity contribution is -0.151. The van der Waals surface area contributed by atoms with Gasteiger partial charge in [-0.25, -0.2) is 14.0 Å². The summed E-state index contributed by atoms with van der Waals surface area (Å²) in [4.78, 5) is 24.9. The van der Waals surface area contributed by atoms with Crippen molar-refractivity contribution in [2.75, 3.05) is 0 Å². The van der Waals surface area contributed by atoms with Crippen molar-refractivity contribution in [1.29, 1.82) is 0 Å². The zero-order valence-electron chi connectivity index (χ0n) is 17.7. The van der Waals surface area contributed by atoms with Crippen molar-refractivity contribution in [1.82, 2.24) is 5.32 Å². The van der Waals surface area contributed by atoms with Gasteiger partial charge in [-0.2, -0.15) is 0 Å². The largest absolute Gasteiger partial charge is 0.459 e. The van der Waals surface area contributed by atoms with E-state index in [4.69, 9.17) is 14.2 Å². The molecule has 162 valence electrons. The van der Waals surface area contributed by atoms with Crippen LogP contribution in [0.15, 0.2) is 54.6 Å². The first-order valence-electron chi connectivity index (χ1n) is 9.70. The number of carbonyl (C=O) groups excluding carboxylic acids is 2. The molecule has 1 amide bonds. The van der Waals surface area contributed by atoms with Crippen LogP contribution in [0.2, 0.25) is 0 Å². The van der Waals surface area contributed by atoms with Gasteiger partial charge in [0.15, 0.2) is 6.04 Å². The molecular weight excluding hydrogens is 389 g/mol. The molecule has 0 radical (unpaired) electrons. The minimum absolute atomic E-state index is 0.0585. The highest BCUT2D eigenvalue weighted by Gasteiger charge is 2.31. The lowest BCUT2D eigenvalue weighted by Crippen LogP contribution is -2.50. The molecule has 7 heteroatoms. The van der Waals surface area contributed by atoms with Gasteiger partial charge in [-0.1, -0.05) is 42.5 Å². The Hall–Kier alpha value is -2.93. The van der Waals surface area contributed by atoms with Gasteiger partial charge in [0.1, 0.15) is 18.0 Å². The topological polar surface area (TPSA) is 73.9 Å². The van der Waals surface area contributed by atoms with Crippen LogP contribution < -0.4 is 5.32 Å². The first-order chi connectivity index (χ1) is 14.1. The van der Waals surface area contributed by atoms with Crippen LogP contribution in [0.3, 0.4) is 0 Å². The standard InChI is InChI=1S/C23H28FNO5/c1-16(28-14-17-8-6-5-7-9-17)20(25-22(27)30-23(2,3)4)21(26)29-15-18-10-12-19(24)13-11-18/h5-13,16,20H,14-15H2,1-4H3,(H,25,27)/t16-,20+/m1/s1. The Morgan fingerprint density at radius 1 is 0.967 bits per heavy atom. The zero-order chi connectivity index (χ0) is 22.1. The Morgan fingerprint density at radius 2 is 1.57 bits per heavy atom. The van der Waals surface area contributed by atoms with Gasteiger partial charge in [-0.3, -0.25) is 0 Å². The molecule has 0 aromatic heterocycles. The van der Waals surface area contributed by atoms with Crippen LogP contribution in [0.25, 0.3) is 0 Å². The summed E-state index contributed by atoms with van der Waals surface area (Å²) in [6.07, 6.45) is -1.43. The molecule has 2 aromatic carbocycles. The van der Waals surface area contributed by atoms with E-state index in [2.05, 4.69) is 5.32 Å².